The summed E-state index contributed by atoms with van der Waals surface area (Å²) in [7, 11) is 0. The maximum Gasteiger partial charge on any atom is 0.319 e. The normalized spacial score (nSPS) is 19.9. The third-order valence-corrected chi connectivity index (χ3v) is 4.64. The summed E-state index contributed by atoms with van der Waals surface area (Å²) < 4.78 is 6.04. The third kappa shape index (κ3) is 5.24. The van der Waals surface area contributed by atoms with Gasteiger partial charge >= 0.3 is 6.03 Å². The number of aryl methyl sites for hydroxylation is 2. The number of ether oxygens (including phenoxy) is 1. The Balaban J connectivity index is 1.42. The molecule has 0 saturated heterocycles. The van der Waals surface area contributed by atoms with Crippen LogP contribution in [0.1, 0.15) is 36.8 Å². The molecule has 2 aromatic rings. The molecule has 3 rings (SSSR count). The molecule has 0 radical (unpaired) electrons. The van der Waals surface area contributed by atoms with Crippen LogP contribution in [0.25, 0.3) is 0 Å². The molecule has 0 heterocycles. The maximum absolute atomic E-state index is 12.1. The topological polar surface area (TPSA) is 50.4 Å². The van der Waals surface area contributed by atoms with Crippen LogP contribution in [0.5, 0.6) is 5.75 Å². The van der Waals surface area contributed by atoms with Crippen LogP contribution in [0.4, 0.5) is 10.5 Å². The number of anilines is 1. The minimum absolute atomic E-state index is 0.133. The van der Waals surface area contributed by atoms with E-state index in [0.29, 0.717) is 0 Å². The summed E-state index contributed by atoms with van der Waals surface area (Å²) in [5, 5.41) is 5.96. The number of carbonyl (C=O) groups is 1. The van der Waals surface area contributed by atoms with E-state index in [4.69, 9.17) is 4.74 Å². The first-order valence-electron chi connectivity index (χ1n) is 8.96. The van der Waals surface area contributed by atoms with Crippen molar-refractivity contribution in [2.24, 2.45) is 0 Å². The molecule has 4 nitrogen and oxygen atoms in total. The Labute approximate surface area is 149 Å². The molecule has 0 spiro atoms. The highest BCUT2D eigenvalue weighted by Gasteiger charge is 2.23. The maximum atomic E-state index is 12.1. The summed E-state index contributed by atoms with van der Waals surface area (Å²) in [6, 6.07) is 16.1. The van der Waals surface area contributed by atoms with Gasteiger partial charge in [0.25, 0.3) is 0 Å². The fourth-order valence-corrected chi connectivity index (χ4v) is 3.12. The Morgan fingerprint density at radius 3 is 2.04 bits per heavy atom. The van der Waals surface area contributed by atoms with Gasteiger partial charge in [-0.3, -0.25) is 0 Å². The second kappa shape index (κ2) is 8.06. The van der Waals surface area contributed by atoms with Crippen molar-refractivity contribution in [3.8, 4) is 5.75 Å². The average Bonchev–Trinajstić information content (AvgIpc) is 2.61. The van der Waals surface area contributed by atoms with Gasteiger partial charge in [0.2, 0.25) is 0 Å². The minimum atomic E-state index is -0.133. The second-order valence-electron chi connectivity index (χ2n) is 6.87. The Bertz CT molecular complexity index is 687. The lowest BCUT2D eigenvalue weighted by Gasteiger charge is -2.29. The number of nitrogens with one attached hydrogen (secondary N) is 2. The standard InChI is InChI=1S/C21H26N2O2/c1-15-3-7-17(8-4-15)22-21(24)23-18-9-13-20(14-10-18)25-19-11-5-16(2)6-12-19/h3-8,11-12,18,20H,9-10,13-14H2,1-2H3,(H2,22,23,24). The van der Waals surface area contributed by atoms with E-state index >= 15 is 0 Å². The Hall–Kier alpha value is -2.49. The molecule has 4 heteroatoms. The molecule has 0 unspecified atom stereocenters. The van der Waals surface area contributed by atoms with Gasteiger partial charge in [0.15, 0.2) is 0 Å². The van der Waals surface area contributed by atoms with Crippen molar-refractivity contribution >= 4 is 11.7 Å². The number of amides is 2. The van der Waals surface area contributed by atoms with Crippen molar-refractivity contribution in [2.45, 2.75) is 51.7 Å². The zero-order chi connectivity index (χ0) is 17.6. The van der Waals surface area contributed by atoms with E-state index < -0.39 is 0 Å². The molecule has 2 N–H and O–H groups in total. The monoisotopic (exact) mass is 338 g/mol. The summed E-state index contributed by atoms with van der Waals surface area (Å²) in [5.74, 6) is 0.930. The third-order valence-electron chi connectivity index (χ3n) is 4.64. The number of hydrogen-bond acceptors (Lipinski definition) is 2. The number of rotatable bonds is 4. The van der Waals surface area contributed by atoms with E-state index in [9.17, 15) is 4.79 Å². The fourth-order valence-electron chi connectivity index (χ4n) is 3.12. The quantitative estimate of drug-likeness (QED) is 0.840. The SMILES string of the molecule is Cc1ccc(NC(=O)NC2CCC(Oc3ccc(C)cc3)CC2)cc1. The van der Waals surface area contributed by atoms with Gasteiger partial charge < -0.3 is 15.4 Å². The summed E-state index contributed by atoms with van der Waals surface area (Å²) >= 11 is 0. The molecular weight excluding hydrogens is 312 g/mol. The van der Waals surface area contributed by atoms with Crippen molar-refractivity contribution in [3.63, 3.8) is 0 Å². The zero-order valence-electron chi connectivity index (χ0n) is 14.9. The van der Waals surface area contributed by atoms with Gasteiger partial charge in [-0.15, -0.1) is 0 Å². The van der Waals surface area contributed by atoms with Crippen LogP contribution in [-0.4, -0.2) is 18.2 Å². The summed E-state index contributed by atoms with van der Waals surface area (Å²) in [6.45, 7) is 4.10. The van der Waals surface area contributed by atoms with Crippen LogP contribution in [0.15, 0.2) is 48.5 Å². The summed E-state index contributed by atoms with van der Waals surface area (Å²) in [6.07, 6.45) is 4.04. The van der Waals surface area contributed by atoms with Crippen molar-refractivity contribution in [1.82, 2.24) is 5.32 Å². The van der Waals surface area contributed by atoms with Crippen LogP contribution in [-0.2, 0) is 0 Å². The van der Waals surface area contributed by atoms with Crippen LogP contribution in [0.2, 0.25) is 0 Å². The highest BCUT2D eigenvalue weighted by atomic mass is 16.5. The van der Waals surface area contributed by atoms with Gasteiger partial charge in [-0.1, -0.05) is 35.4 Å². The van der Waals surface area contributed by atoms with E-state index in [-0.39, 0.29) is 18.2 Å². The van der Waals surface area contributed by atoms with Gasteiger partial charge in [0.1, 0.15) is 5.75 Å². The predicted molar refractivity (Wildman–Crippen MR) is 101 cm³/mol. The first-order chi connectivity index (χ1) is 12.1. The molecule has 1 fully saturated rings. The van der Waals surface area contributed by atoms with Gasteiger partial charge in [-0.2, -0.15) is 0 Å². The molecule has 25 heavy (non-hydrogen) atoms. The van der Waals surface area contributed by atoms with E-state index in [1.54, 1.807) is 0 Å². The van der Waals surface area contributed by atoms with E-state index in [2.05, 4.69) is 29.7 Å². The molecule has 0 aliphatic heterocycles. The summed E-state index contributed by atoms with van der Waals surface area (Å²) in [5.41, 5.74) is 3.23. The van der Waals surface area contributed by atoms with E-state index in [1.165, 1.54) is 11.1 Å². The molecule has 0 bridgehead atoms. The first-order valence-corrected chi connectivity index (χ1v) is 8.96. The Morgan fingerprint density at radius 1 is 0.880 bits per heavy atom. The lowest BCUT2D eigenvalue weighted by atomic mass is 9.93. The molecule has 1 aliphatic carbocycles. The first kappa shape index (κ1) is 17.3. The molecule has 0 aromatic heterocycles. The van der Waals surface area contributed by atoms with Crippen molar-refractivity contribution < 1.29 is 9.53 Å². The van der Waals surface area contributed by atoms with Gasteiger partial charge in [-0.05, 0) is 63.8 Å². The molecular formula is C21H26N2O2. The van der Waals surface area contributed by atoms with Crippen molar-refractivity contribution in [1.29, 1.82) is 0 Å². The average molecular weight is 338 g/mol. The molecule has 2 aromatic carbocycles. The smallest absolute Gasteiger partial charge is 0.319 e. The van der Waals surface area contributed by atoms with Crippen LogP contribution < -0.4 is 15.4 Å². The summed E-state index contributed by atoms with van der Waals surface area (Å²) in [4.78, 5) is 12.1. The lowest BCUT2D eigenvalue weighted by Crippen LogP contribution is -2.41. The molecule has 1 saturated carbocycles. The molecule has 2 amide bonds. The van der Waals surface area contributed by atoms with Crippen molar-refractivity contribution in [3.05, 3.63) is 59.7 Å². The molecule has 0 atom stereocenters. The second-order valence-corrected chi connectivity index (χ2v) is 6.87. The van der Waals surface area contributed by atoms with Gasteiger partial charge in [0, 0.05) is 11.7 Å². The fraction of sp³-hybridized carbons (Fsp3) is 0.381. The lowest BCUT2D eigenvalue weighted by molar-refractivity contribution is 0.141. The number of urea groups is 1. The van der Waals surface area contributed by atoms with Crippen LogP contribution >= 0.6 is 0 Å². The number of benzene rings is 2. The Kier molecular flexibility index (Phi) is 5.59. The molecule has 132 valence electrons. The highest BCUT2D eigenvalue weighted by molar-refractivity contribution is 5.89. The van der Waals surface area contributed by atoms with Crippen LogP contribution in [0, 0.1) is 13.8 Å². The number of carbonyl (C=O) groups excluding carboxylic acids is 1. The van der Waals surface area contributed by atoms with E-state index in [0.717, 1.165) is 37.1 Å². The molecule has 1 aliphatic rings. The van der Waals surface area contributed by atoms with Crippen LogP contribution in [0.3, 0.4) is 0 Å². The zero-order valence-corrected chi connectivity index (χ0v) is 14.9. The van der Waals surface area contributed by atoms with Crippen molar-refractivity contribution in [2.75, 3.05) is 5.32 Å². The van der Waals surface area contributed by atoms with Gasteiger partial charge in [-0.25, -0.2) is 4.79 Å². The number of hydrogen-bond donors (Lipinski definition) is 2. The predicted octanol–water partition coefficient (Wildman–Crippen LogP) is 4.82. The van der Waals surface area contributed by atoms with E-state index in [1.807, 2.05) is 43.3 Å². The van der Waals surface area contributed by atoms with Gasteiger partial charge in [0.05, 0.1) is 6.10 Å². The largest absolute Gasteiger partial charge is 0.490 e. The highest BCUT2D eigenvalue weighted by Crippen LogP contribution is 2.24. The Morgan fingerprint density at radius 2 is 1.44 bits per heavy atom. The minimum Gasteiger partial charge on any atom is -0.490 e.